The van der Waals surface area contributed by atoms with Gasteiger partial charge in [0.05, 0.1) is 11.0 Å². The molecule has 10 nitrogen and oxygen atoms in total. The fourth-order valence-electron chi connectivity index (χ4n) is 4.03. The minimum absolute atomic E-state index is 0.0944. The zero-order valence-corrected chi connectivity index (χ0v) is 18.9. The average Bonchev–Trinajstić information content (AvgIpc) is 3.27. The molecule has 0 fully saturated rings. The van der Waals surface area contributed by atoms with Gasteiger partial charge in [0.25, 0.3) is 5.69 Å². The number of hydrogen-bond acceptors (Lipinski definition) is 6. The summed E-state index contributed by atoms with van der Waals surface area (Å²) in [4.78, 5) is 32.0. The zero-order valence-electron chi connectivity index (χ0n) is 18.2. The number of rotatable bonds is 5. The Morgan fingerprint density at radius 3 is 2.71 bits per heavy atom. The number of fused-ring (bicyclic) bond motifs is 1. The van der Waals surface area contributed by atoms with E-state index in [-0.39, 0.29) is 11.6 Å². The number of pyridine rings is 1. The predicted octanol–water partition coefficient (Wildman–Crippen LogP) is 4.10. The van der Waals surface area contributed by atoms with E-state index < -0.39 is 16.9 Å². The van der Waals surface area contributed by atoms with Crippen molar-refractivity contribution in [2.75, 3.05) is 10.6 Å². The normalized spacial score (nSPS) is 16.8. The molecule has 35 heavy (non-hydrogen) atoms. The summed E-state index contributed by atoms with van der Waals surface area (Å²) in [5.41, 5.74) is 2.11. The van der Waals surface area contributed by atoms with Gasteiger partial charge in [0.15, 0.2) is 18.2 Å². The van der Waals surface area contributed by atoms with Gasteiger partial charge in [-0.05, 0) is 35.9 Å². The van der Waals surface area contributed by atoms with Crippen molar-refractivity contribution in [1.29, 1.82) is 0 Å². The topological polar surface area (TPSA) is 129 Å². The summed E-state index contributed by atoms with van der Waals surface area (Å²) >= 11 is 6.01. The van der Waals surface area contributed by atoms with Gasteiger partial charge in [0, 0.05) is 34.5 Å². The fraction of sp³-hybridized carbons (Fsp3) is 0.0833. The van der Waals surface area contributed by atoms with Gasteiger partial charge < -0.3 is 10.6 Å². The molecular weight excluding hydrogens is 470 g/mol. The molecule has 2 atom stereocenters. The van der Waals surface area contributed by atoms with E-state index in [9.17, 15) is 14.9 Å². The number of amides is 1. The second-order valence-electron chi connectivity index (χ2n) is 7.92. The lowest BCUT2D eigenvalue weighted by atomic mass is 9.88. The molecule has 1 aliphatic heterocycles. The van der Waals surface area contributed by atoms with Gasteiger partial charge in [0.2, 0.25) is 11.9 Å². The molecular formula is C24H19ClN7O3+. The molecule has 2 aromatic carbocycles. The Morgan fingerprint density at radius 1 is 1.20 bits per heavy atom. The van der Waals surface area contributed by atoms with Crippen molar-refractivity contribution >= 4 is 34.8 Å². The van der Waals surface area contributed by atoms with E-state index in [1.165, 1.54) is 12.1 Å². The second-order valence-corrected chi connectivity index (χ2v) is 8.35. The molecule has 11 heteroatoms. The minimum Gasteiger partial charge on any atom is -0.328 e. The minimum atomic E-state index is -0.843. The molecule has 2 unspecified atom stereocenters. The molecule has 1 amide bonds. The second kappa shape index (κ2) is 8.99. The van der Waals surface area contributed by atoms with Crippen molar-refractivity contribution in [1.82, 2.24) is 14.8 Å². The van der Waals surface area contributed by atoms with Gasteiger partial charge in [-0.25, -0.2) is 9.67 Å². The summed E-state index contributed by atoms with van der Waals surface area (Å²) in [6.45, 7) is 4.07. The van der Waals surface area contributed by atoms with E-state index in [0.717, 1.165) is 5.56 Å². The van der Waals surface area contributed by atoms with Crippen molar-refractivity contribution in [2.45, 2.75) is 6.04 Å². The summed E-state index contributed by atoms with van der Waals surface area (Å²) < 4.78 is 1.57. The first-order chi connectivity index (χ1) is 16.9. The van der Waals surface area contributed by atoms with Gasteiger partial charge in [0.1, 0.15) is 11.6 Å². The number of nitro groups is 1. The summed E-state index contributed by atoms with van der Waals surface area (Å²) in [7, 11) is 0. The first-order valence-electron chi connectivity index (χ1n) is 10.6. The SMILES string of the molecule is C=C1Nc2nc(-c3ccc(Cl)cc3)nn2C(c2cccc([N+](=O)[O-])c2)C1C(=O)Nc1ccc[nH+]c1. The molecule has 0 saturated heterocycles. The molecule has 0 bridgehead atoms. The number of halogens is 1. The van der Waals surface area contributed by atoms with Crippen LogP contribution >= 0.6 is 11.6 Å². The van der Waals surface area contributed by atoms with Crippen LogP contribution < -0.4 is 15.6 Å². The number of anilines is 2. The summed E-state index contributed by atoms with van der Waals surface area (Å²) in [6, 6.07) is 15.9. The standard InChI is InChI=1S/C24H18ClN7O3/c1-14-20(23(33)28-18-5-3-11-26-13-18)21(16-4-2-6-19(12-16)32(34)35)31-24(27-14)29-22(30-31)15-7-9-17(25)10-8-15/h2-13,20-21H,1H2,(H,28,33)(H,27,29,30)/p+1. The Bertz CT molecular complexity index is 1440. The number of aromatic amines is 1. The number of nitrogens with one attached hydrogen (secondary N) is 3. The Balaban J connectivity index is 1.62. The number of hydrogen-bond donors (Lipinski definition) is 2. The van der Waals surface area contributed by atoms with Crippen LogP contribution in [0.15, 0.2) is 85.3 Å². The monoisotopic (exact) mass is 488 g/mol. The van der Waals surface area contributed by atoms with Gasteiger partial charge in [-0.15, -0.1) is 5.10 Å². The number of carbonyl (C=O) groups excluding carboxylic acids is 1. The number of non-ortho nitro benzene ring substituents is 1. The van der Waals surface area contributed by atoms with Gasteiger partial charge >= 0.3 is 0 Å². The molecule has 3 N–H and O–H groups in total. The first-order valence-corrected chi connectivity index (χ1v) is 11.0. The summed E-state index contributed by atoms with van der Waals surface area (Å²) in [5, 5.41) is 22.7. The van der Waals surface area contributed by atoms with E-state index in [0.29, 0.717) is 33.7 Å². The van der Waals surface area contributed by atoms with Crippen LogP contribution in [-0.4, -0.2) is 25.6 Å². The Labute approximate surface area is 204 Å². The molecule has 4 aromatic rings. The smallest absolute Gasteiger partial charge is 0.269 e. The lowest BCUT2D eigenvalue weighted by Gasteiger charge is -2.33. The van der Waals surface area contributed by atoms with Crippen LogP contribution in [0.1, 0.15) is 11.6 Å². The number of nitro benzene ring substituents is 1. The lowest BCUT2D eigenvalue weighted by Crippen LogP contribution is -2.39. The maximum absolute atomic E-state index is 13.5. The van der Waals surface area contributed by atoms with Crippen LogP contribution in [0.25, 0.3) is 11.4 Å². The van der Waals surface area contributed by atoms with Crippen molar-refractivity contribution in [3.05, 3.63) is 106 Å². The lowest BCUT2D eigenvalue weighted by molar-refractivity contribution is -0.385. The Kier molecular flexibility index (Phi) is 5.71. The predicted molar refractivity (Wildman–Crippen MR) is 130 cm³/mol. The van der Waals surface area contributed by atoms with Crippen LogP contribution in [0, 0.1) is 16.0 Å². The Morgan fingerprint density at radius 2 is 2.00 bits per heavy atom. The van der Waals surface area contributed by atoms with E-state index in [1.54, 1.807) is 65.6 Å². The number of H-pyrrole nitrogens is 1. The molecule has 1 aliphatic rings. The molecule has 0 radical (unpaired) electrons. The zero-order chi connectivity index (χ0) is 24.5. The number of carbonyl (C=O) groups is 1. The molecule has 3 heterocycles. The van der Waals surface area contributed by atoms with Gasteiger partial charge in [-0.2, -0.15) is 4.98 Å². The molecule has 174 valence electrons. The fourth-order valence-corrected chi connectivity index (χ4v) is 4.15. The molecule has 2 aromatic heterocycles. The van der Waals surface area contributed by atoms with Crippen LogP contribution in [0.3, 0.4) is 0 Å². The summed E-state index contributed by atoms with van der Waals surface area (Å²) in [5.74, 6) is -0.419. The molecule has 0 aliphatic carbocycles. The third-order valence-corrected chi connectivity index (χ3v) is 5.89. The highest BCUT2D eigenvalue weighted by Crippen LogP contribution is 2.40. The molecule has 5 rings (SSSR count). The van der Waals surface area contributed by atoms with Crippen LogP contribution in [0.4, 0.5) is 17.3 Å². The highest BCUT2D eigenvalue weighted by Gasteiger charge is 2.40. The maximum Gasteiger partial charge on any atom is 0.269 e. The number of benzene rings is 2. The van der Waals surface area contributed by atoms with E-state index >= 15 is 0 Å². The van der Waals surface area contributed by atoms with E-state index in [2.05, 4.69) is 32.3 Å². The molecule has 0 spiro atoms. The van der Waals surface area contributed by atoms with Crippen molar-refractivity contribution in [2.24, 2.45) is 5.92 Å². The van der Waals surface area contributed by atoms with Gasteiger partial charge in [-0.3, -0.25) is 14.9 Å². The third kappa shape index (κ3) is 4.34. The molecule has 0 saturated carbocycles. The average molecular weight is 489 g/mol. The third-order valence-electron chi connectivity index (χ3n) is 5.64. The maximum atomic E-state index is 13.5. The van der Waals surface area contributed by atoms with Crippen molar-refractivity contribution in [3.63, 3.8) is 0 Å². The number of aromatic nitrogens is 4. The van der Waals surface area contributed by atoms with Crippen LogP contribution in [0.5, 0.6) is 0 Å². The Hall–Kier alpha value is -4.57. The van der Waals surface area contributed by atoms with Gasteiger partial charge in [-0.1, -0.05) is 30.3 Å². The van der Waals surface area contributed by atoms with E-state index in [4.69, 9.17) is 11.6 Å². The highest BCUT2D eigenvalue weighted by molar-refractivity contribution is 6.30. The van der Waals surface area contributed by atoms with Crippen LogP contribution in [0.2, 0.25) is 5.02 Å². The first kappa shape index (κ1) is 22.2. The largest absolute Gasteiger partial charge is 0.328 e. The van der Waals surface area contributed by atoms with Crippen molar-refractivity contribution in [3.8, 4) is 11.4 Å². The van der Waals surface area contributed by atoms with Crippen molar-refractivity contribution < 1.29 is 14.7 Å². The quantitative estimate of drug-likeness (QED) is 0.321. The van der Waals surface area contributed by atoms with E-state index in [1.807, 2.05) is 0 Å². The van der Waals surface area contributed by atoms with Crippen LogP contribution in [-0.2, 0) is 4.79 Å². The highest BCUT2D eigenvalue weighted by atomic mass is 35.5. The summed E-state index contributed by atoms with van der Waals surface area (Å²) in [6.07, 6.45) is 3.38. The number of nitrogens with zero attached hydrogens (tertiary/aromatic N) is 4.